The Kier molecular flexibility index (Phi) is 5.44. The first kappa shape index (κ1) is 15.2. The topological polar surface area (TPSA) is 45.8 Å². The van der Waals surface area contributed by atoms with Gasteiger partial charge in [-0.05, 0) is 42.9 Å². The van der Waals surface area contributed by atoms with Gasteiger partial charge in [-0.1, -0.05) is 11.8 Å². The first-order chi connectivity index (χ1) is 10.2. The largest absolute Gasteiger partial charge is 0.497 e. The van der Waals surface area contributed by atoms with Crippen LogP contribution < -0.4 is 4.74 Å². The maximum absolute atomic E-state index is 8.85. The summed E-state index contributed by atoms with van der Waals surface area (Å²) >= 11 is 0. The third kappa shape index (κ3) is 4.38. The molecule has 1 heterocycles. The smallest absolute Gasteiger partial charge is 0.119 e. The molecule has 0 fully saturated rings. The second-order valence-corrected chi connectivity index (χ2v) is 4.73. The van der Waals surface area contributed by atoms with Gasteiger partial charge in [0.2, 0.25) is 0 Å². The van der Waals surface area contributed by atoms with Crippen molar-refractivity contribution in [1.82, 2.24) is 4.90 Å². The Bertz CT molecular complexity index is 623. The van der Waals surface area contributed by atoms with Crippen LogP contribution in [0.5, 0.6) is 5.75 Å². The van der Waals surface area contributed by atoms with Crippen LogP contribution in [0.3, 0.4) is 0 Å². The highest BCUT2D eigenvalue weighted by Crippen LogP contribution is 2.19. The molecule has 0 aliphatic carbocycles. The molecule has 0 unspecified atom stereocenters. The van der Waals surface area contributed by atoms with Crippen molar-refractivity contribution in [2.45, 2.75) is 13.1 Å². The summed E-state index contributed by atoms with van der Waals surface area (Å²) in [7, 11) is 3.66. The van der Waals surface area contributed by atoms with E-state index in [1.807, 2.05) is 37.4 Å². The number of benzene rings is 1. The summed E-state index contributed by atoms with van der Waals surface area (Å²) in [6.07, 6.45) is 1.67. The summed E-state index contributed by atoms with van der Waals surface area (Å²) in [5.41, 5.74) is 1.96. The first-order valence-electron chi connectivity index (χ1n) is 6.70. The minimum atomic E-state index is -0.145. The normalized spacial score (nSPS) is 10.3. The molecule has 21 heavy (non-hydrogen) atoms. The average Bonchev–Trinajstić information content (AvgIpc) is 2.98. The van der Waals surface area contributed by atoms with Crippen LogP contribution in [0.2, 0.25) is 0 Å². The Hall–Kier alpha value is -2.22. The summed E-state index contributed by atoms with van der Waals surface area (Å²) in [5, 5.41) is 8.85. The molecule has 2 aromatic rings. The molecule has 1 aromatic carbocycles. The van der Waals surface area contributed by atoms with Gasteiger partial charge in [0.1, 0.15) is 18.1 Å². The van der Waals surface area contributed by atoms with Gasteiger partial charge in [-0.3, -0.25) is 4.90 Å². The number of aliphatic hydroxyl groups excluding tert-OH is 1. The van der Waals surface area contributed by atoms with Crippen LogP contribution in [0.25, 0.3) is 0 Å². The number of aliphatic hydroxyl groups is 1. The van der Waals surface area contributed by atoms with Crippen LogP contribution >= 0.6 is 0 Å². The highest BCUT2D eigenvalue weighted by molar-refractivity contribution is 5.45. The SMILES string of the molecule is COc1ccc(C#CCO)c(CN(C)Cc2ccco2)c1. The Balaban J connectivity index is 2.15. The average molecular weight is 285 g/mol. The van der Waals surface area contributed by atoms with Crippen molar-refractivity contribution >= 4 is 0 Å². The Labute approximate surface area is 125 Å². The fourth-order valence-electron chi connectivity index (χ4n) is 2.10. The number of ether oxygens (including phenoxy) is 1. The van der Waals surface area contributed by atoms with E-state index < -0.39 is 0 Å². The van der Waals surface area contributed by atoms with E-state index in [1.165, 1.54) is 0 Å². The van der Waals surface area contributed by atoms with E-state index >= 15 is 0 Å². The van der Waals surface area contributed by atoms with Crippen molar-refractivity contribution in [3.8, 4) is 17.6 Å². The number of hydrogen-bond acceptors (Lipinski definition) is 4. The van der Waals surface area contributed by atoms with E-state index in [4.69, 9.17) is 14.3 Å². The van der Waals surface area contributed by atoms with Crippen molar-refractivity contribution in [2.75, 3.05) is 20.8 Å². The molecule has 110 valence electrons. The number of methoxy groups -OCH3 is 1. The number of hydrogen-bond donors (Lipinski definition) is 1. The van der Waals surface area contributed by atoms with Crippen molar-refractivity contribution in [3.05, 3.63) is 53.5 Å². The van der Waals surface area contributed by atoms with Gasteiger partial charge in [0.15, 0.2) is 0 Å². The Morgan fingerprint density at radius 3 is 2.81 bits per heavy atom. The van der Waals surface area contributed by atoms with Crippen LogP contribution in [-0.2, 0) is 13.1 Å². The van der Waals surface area contributed by atoms with Crippen LogP contribution in [0, 0.1) is 11.8 Å². The second-order valence-electron chi connectivity index (χ2n) is 4.73. The van der Waals surface area contributed by atoms with E-state index in [9.17, 15) is 0 Å². The van der Waals surface area contributed by atoms with E-state index in [1.54, 1.807) is 13.4 Å². The summed E-state index contributed by atoms with van der Waals surface area (Å²) in [5.74, 6) is 7.38. The lowest BCUT2D eigenvalue weighted by Gasteiger charge is -2.17. The van der Waals surface area contributed by atoms with Crippen molar-refractivity contribution in [2.24, 2.45) is 0 Å². The molecular formula is C17H19NO3. The van der Waals surface area contributed by atoms with Crippen LogP contribution in [0.1, 0.15) is 16.9 Å². The van der Waals surface area contributed by atoms with E-state index in [-0.39, 0.29) is 6.61 Å². The summed E-state index contributed by atoms with van der Waals surface area (Å²) in [6, 6.07) is 9.59. The highest BCUT2D eigenvalue weighted by Gasteiger charge is 2.08. The van der Waals surface area contributed by atoms with Gasteiger partial charge in [-0.25, -0.2) is 0 Å². The predicted molar refractivity (Wildman–Crippen MR) is 80.8 cm³/mol. The molecule has 0 bridgehead atoms. The van der Waals surface area contributed by atoms with E-state index in [0.29, 0.717) is 6.54 Å². The van der Waals surface area contributed by atoms with Crippen molar-refractivity contribution in [3.63, 3.8) is 0 Å². The highest BCUT2D eigenvalue weighted by atomic mass is 16.5. The molecule has 0 saturated heterocycles. The van der Waals surface area contributed by atoms with Crippen LogP contribution in [-0.4, -0.2) is 30.8 Å². The first-order valence-corrected chi connectivity index (χ1v) is 6.70. The summed E-state index contributed by atoms with van der Waals surface area (Å²) < 4.78 is 10.6. The second kappa shape index (κ2) is 7.53. The molecule has 1 N–H and O–H groups in total. The molecule has 0 aliphatic heterocycles. The molecule has 0 radical (unpaired) electrons. The molecule has 2 rings (SSSR count). The van der Waals surface area contributed by atoms with Gasteiger partial charge in [0.25, 0.3) is 0 Å². The van der Waals surface area contributed by atoms with Crippen LogP contribution in [0.15, 0.2) is 41.0 Å². The van der Waals surface area contributed by atoms with Gasteiger partial charge >= 0.3 is 0 Å². The number of furan rings is 1. The zero-order valence-corrected chi connectivity index (χ0v) is 12.3. The molecule has 0 atom stereocenters. The third-order valence-corrected chi connectivity index (χ3v) is 3.06. The summed E-state index contributed by atoms with van der Waals surface area (Å²) in [6.45, 7) is 1.29. The molecule has 4 nitrogen and oxygen atoms in total. The lowest BCUT2D eigenvalue weighted by atomic mass is 10.1. The maximum Gasteiger partial charge on any atom is 0.119 e. The zero-order chi connectivity index (χ0) is 15.1. The van der Waals surface area contributed by atoms with Crippen LogP contribution in [0.4, 0.5) is 0 Å². The zero-order valence-electron chi connectivity index (χ0n) is 12.3. The predicted octanol–water partition coefficient (Wildman–Crippen LogP) is 2.26. The quantitative estimate of drug-likeness (QED) is 0.856. The fourth-order valence-corrected chi connectivity index (χ4v) is 2.10. The monoisotopic (exact) mass is 285 g/mol. The molecule has 4 heteroatoms. The van der Waals surface area contributed by atoms with Gasteiger partial charge in [0.05, 0.1) is 19.9 Å². The van der Waals surface area contributed by atoms with E-state index in [2.05, 4.69) is 16.7 Å². The van der Waals surface area contributed by atoms with Gasteiger partial charge in [-0.15, -0.1) is 0 Å². The number of rotatable bonds is 5. The minimum Gasteiger partial charge on any atom is -0.497 e. The number of nitrogens with zero attached hydrogens (tertiary/aromatic N) is 1. The molecular weight excluding hydrogens is 266 g/mol. The lowest BCUT2D eigenvalue weighted by molar-refractivity contribution is 0.287. The molecule has 1 aromatic heterocycles. The standard InChI is InChI=1S/C17H19NO3/c1-18(13-17-6-4-10-21-17)12-15-11-16(20-2)8-7-14(15)5-3-9-19/h4,6-8,10-11,19H,9,12-13H2,1-2H3. The van der Waals surface area contributed by atoms with Gasteiger partial charge in [-0.2, -0.15) is 0 Å². The van der Waals surface area contributed by atoms with Crippen molar-refractivity contribution < 1.29 is 14.3 Å². The summed E-state index contributed by atoms with van der Waals surface area (Å²) in [4.78, 5) is 2.14. The van der Waals surface area contributed by atoms with Gasteiger partial charge < -0.3 is 14.3 Å². The maximum atomic E-state index is 8.85. The third-order valence-electron chi connectivity index (χ3n) is 3.06. The lowest BCUT2D eigenvalue weighted by Crippen LogP contribution is -2.17. The van der Waals surface area contributed by atoms with Gasteiger partial charge in [0, 0.05) is 12.1 Å². The van der Waals surface area contributed by atoms with E-state index in [0.717, 1.165) is 29.2 Å². The Morgan fingerprint density at radius 2 is 2.14 bits per heavy atom. The Morgan fingerprint density at radius 1 is 1.29 bits per heavy atom. The minimum absolute atomic E-state index is 0.145. The molecule has 0 saturated carbocycles. The fraction of sp³-hybridized carbons (Fsp3) is 0.294. The molecule has 0 amide bonds. The van der Waals surface area contributed by atoms with Crippen molar-refractivity contribution in [1.29, 1.82) is 0 Å². The molecule has 0 spiro atoms. The molecule has 0 aliphatic rings.